The van der Waals surface area contributed by atoms with Crippen LogP contribution in [-0.2, 0) is 42.7 Å². The van der Waals surface area contributed by atoms with Gasteiger partial charge in [0.2, 0.25) is 0 Å². The fraction of sp³-hybridized carbons (Fsp3) is 0.846. The highest BCUT2D eigenvalue weighted by Crippen LogP contribution is 2.45. The number of carbonyl (C=O) groups excluding carboxylic acids is 6. The molecule has 0 bridgehead atoms. The predicted molar refractivity (Wildman–Crippen MR) is 278 cm³/mol. The molecule has 10 N–H and O–H groups in total. The minimum Gasteiger partial charge on any atom is -0.491 e. The van der Waals surface area contributed by atoms with Crippen LogP contribution in [0.3, 0.4) is 0 Å². The summed E-state index contributed by atoms with van der Waals surface area (Å²) >= 11 is 0. The molecule has 0 spiro atoms. The summed E-state index contributed by atoms with van der Waals surface area (Å²) in [4.78, 5) is 80.9. The zero-order valence-electron chi connectivity index (χ0n) is 48.2. The van der Waals surface area contributed by atoms with Crippen molar-refractivity contribution in [3.05, 3.63) is 11.8 Å². The molecular formula is C52H91N7O18. The lowest BCUT2D eigenvalue weighted by Crippen LogP contribution is -2.71. The third kappa shape index (κ3) is 20.7. The van der Waals surface area contributed by atoms with E-state index in [-0.39, 0.29) is 24.8 Å². The first-order valence-corrected chi connectivity index (χ1v) is 26.4. The predicted octanol–water partition coefficient (Wildman–Crippen LogP) is 3.18. The lowest BCUT2D eigenvalue weighted by atomic mass is 9.72. The number of likely N-dealkylation sites (N-methyl/N-ethyl adjacent to an activating group) is 1. The minimum atomic E-state index is -1.90. The Kier molecular flexibility index (Phi) is 21.0. The number of hydrogen-bond acceptors (Lipinski definition) is 19. The van der Waals surface area contributed by atoms with Crippen LogP contribution in [0.25, 0.3) is 0 Å². The Balaban J connectivity index is 1.78. The minimum absolute atomic E-state index is 0.120. The second kappa shape index (κ2) is 25.0. The molecule has 0 aromatic heterocycles. The zero-order valence-corrected chi connectivity index (χ0v) is 48.2. The maximum atomic E-state index is 14.0. The van der Waals surface area contributed by atoms with E-state index in [0.29, 0.717) is 18.8 Å². The van der Waals surface area contributed by atoms with Crippen molar-refractivity contribution in [2.45, 2.75) is 231 Å². The Morgan fingerprint density at radius 1 is 0.701 bits per heavy atom. The number of aliphatic hydroxyl groups is 4. The van der Waals surface area contributed by atoms with E-state index in [4.69, 9.17) is 37.9 Å². The van der Waals surface area contributed by atoms with E-state index in [1.165, 1.54) is 14.0 Å². The van der Waals surface area contributed by atoms with E-state index in [2.05, 4.69) is 31.9 Å². The topological polar surface area (TPSA) is 333 Å². The largest absolute Gasteiger partial charge is 0.491 e. The highest BCUT2D eigenvalue weighted by Gasteiger charge is 2.57. The van der Waals surface area contributed by atoms with E-state index in [9.17, 15) is 49.2 Å². The molecule has 3 fully saturated rings. The summed E-state index contributed by atoms with van der Waals surface area (Å²) in [5.41, 5.74) is -6.62. The van der Waals surface area contributed by atoms with Crippen LogP contribution in [0.2, 0.25) is 0 Å². The number of alkyl carbamates (subject to hydrolysis) is 4. The summed E-state index contributed by atoms with van der Waals surface area (Å²) < 4.78 is 46.8. The number of aliphatic hydroxyl groups excluding tert-OH is 3. The van der Waals surface area contributed by atoms with Crippen LogP contribution in [0, 0.1) is 11.3 Å². The Bertz CT molecular complexity index is 2090. The maximum absolute atomic E-state index is 14.0. The van der Waals surface area contributed by atoms with Crippen molar-refractivity contribution in [1.29, 1.82) is 0 Å². The van der Waals surface area contributed by atoms with E-state index >= 15 is 0 Å². The highest BCUT2D eigenvalue weighted by atomic mass is 16.7. The molecule has 4 aliphatic rings. The second-order valence-electron chi connectivity index (χ2n) is 25.9. The van der Waals surface area contributed by atoms with Gasteiger partial charge in [-0.15, -0.1) is 0 Å². The summed E-state index contributed by atoms with van der Waals surface area (Å²) in [6.07, 6.45) is -11.0. The molecule has 0 aromatic carbocycles. The zero-order chi connectivity index (χ0) is 58.4. The fourth-order valence-electron chi connectivity index (χ4n) is 9.18. The van der Waals surface area contributed by atoms with Crippen LogP contribution in [-0.4, -0.2) is 196 Å². The van der Waals surface area contributed by atoms with Crippen molar-refractivity contribution in [3.8, 4) is 0 Å². The third-order valence-electron chi connectivity index (χ3n) is 12.6. The fourth-order valence-corrected chi connectivity index (χ4v) is 9.18. The number of carbonyl (C=O) groups is 6. The maximum Gasteiger partial charge on any atom is 0.410 e. The van der Waals surface area contributed by atoms with Gasteiger partial charge in [0, 0.05) is 37.5 Å². The van der Waals surface area contributed by atoms with Gasteiger partial charge in [0.15, 0.2) is 6.29 Å². The monoisotopic (exact) mass is 1100 g/mol. The molecule has 4 rings (SSSR count). The van der Waals surface area contributed by atoms with Crippen molar-refractivity contribution >= 4 is 36.4 Å². The molecule has 1 saturated heterocycles. The van der Waals surface area contributed by atoms with Crippen molar-refractivity contribution < 1.29 is 87.1 Å². The first-order chi connectivity index (χ1) is 35.1. The quantitative estimate of drug-likeness (QED) is 0.0992. The van der Waals surface area contributed by atoms with Gasteiger partial charge in [-0.05, 0) is 143 Å². The van der Waals surface area contributed by atoms with Crippen LogP contribution in [0.1, 0.15) is 136 Å². The van der Waals surface area contributed by atoms with Crippen LogP contribution in [0.5, 0.6) is 0 Å². The molecule has 6 amide bonds. The molecule has 25 nitrogen and oxygen atoms in total. The van der Waals surface area contributed by atoms with Crippen LogP contribution < -0.4 is 31.9 Å². The Hall–Kier alpha value is -4.92. The molecule has 0 radical (unpaired) electrons. The van der Waals surface area contributed by atoms with Gasteiger partial charge in [-0.25, -0.2) is 24.0 Å². The smallest absolute Gasteiger partial charge is 0.410 e. The number of ether oxygens (including phenoxy) is 8. The molecule has 2 aliphatic carbocycles. The van der Waals surface area contributed by atoms with E-state index in [1.54, 1.807) is 110 Å². The summed E-state index contributed by atoms with van der Waals surface area (Å²) in [5.74, 6) is -1.94. The lowest BCUT2D eigenvalue weighted by molar-refractivity contribution is -0.305. The van der Waals surface area contributed by atoms with Crippen LogP contribution in [0.4, 0.5) is 24.0 Å². The molecule has 12 atom stereocenters. The SMILES string of the molecule is CN(C(=O)OC(C)(C)C)[C@@H]1[C@@H](O)[C@@H](O[C@H]2[C@H](NC(=O)[C@@H](O)CNC(=O)OC(C)(C)C)C[C@H](NC(=O)OC(C)(C)C)C([C@H]3OC(CNCC4(CNC(=O)OC(C)(C)C)CC4)=CC[C@H]3NC(=O)OC(C)(C)C)[C@@H]2O)OC[C@]1(C)O. The first kappa shape index (κ1) is 64.6. The molecular weight excluding hydrogens is 1010 g/mol. The number of amides is 6. The standard InChI is InChI=1S/C52H91N7O18/c1-46(2,3)73-41(64)54-24-32(60)39(63)56-31-22-30(58-44(67)76-49(10,11)12)33(34(61)37(31)72-40-35(62)38(51(16,69)27-70-40)59(17)45(68)77-50(13,14)15)36-29(57-43(66)75-48(7,8)9)19-18-28(71-36)23-53-25-52(20-21-52)26-55-42(65)74-47(4,5)6/h18,29-38,40,53,60-62,69H,19-27H2,1-17H3,(H,54,64)(H,55,65)(H,56,63)(H,57,66)(H,58,67)/t29-,30+,31-,32+,33?,34+,35-,36+,37+,38-,40-,51+/m1/s1. The van der Waals surface area contributed by atoms with Gasteiger partial charge in [0.25, 0.3) is 5.91 Å². The molecule has 442 valence electrons. The molecule has 2 aliphatic heterocycles. The second-order valence-corrected chi connectivity index (χ2v) is 25.9. The Labute approximate surface area is 453 Å². The van der Waals surface area contributed by atoms with E-state index in [1.807, 2.05) is 0 Å². The Morgan fingerprint density at radius 2 is 1.21 bits per heavy atom. The number of nitrogens with one attached hydrogen (secondary N) is 6. The van der Waals surface area contributed by atoms with Gasteiger partial charge in [0.05, 0.1) is 43.9 Å². The Morgan fingerprint density at radius 3 is 1.73 bits per heavy atom. The molecule has 2 heterocycles. The summed E-state index contributed by atoms with van der Waals surface area (Å²) in [5, 5.41) is 64.8. The summed E-state index contributed by atoms with van der Waals surface area (Å²) in [6.45, 7) is 26.4. The van der Waals surface area contributed by atoms with Crippen molar-refractivity contribution in [1.82, 2.24) is 36.8 Å². The molecule has 77 heavy (non-hydrogen) atoms. The van der Waals surface area contributed by atoms with Crippen LogP contribution >= 0.6 is 0 Å². The number of rotatable bonds is 16. The summed E-state index contributed by atoms with van der Waals surface area (Å²) in [7, 11) is 1.32. The highest BCUT2D eigenvalue weighted by molar-refractivity contribution is 5.82. The average molecular weight is 1100 g/mol. The van der Waals surface area contributed by atoms with Gasteiger partial charge < -0.3 is 95.1 Å². The molecule has 1 unspecified atom stereocenters. The number of nitrogens with zero attached hydrogens (tertiary/aromatic N) is 1. The van der Waals surface area contributed by atoms with Gasteiger partial charge in [-0.3, -0.25) is 4.79 Å². The van der Waals surface area contributed by atoms with Gasteiger partial charge in [-0.1, -0.05) is 0 Å². The third-order valence-corrected chi connectivity index (χ3v) is 12.6. The lowest BCUT2D eigenvalue weighted by Gasteiger charge is -2.52. The normalized spacial score (nSPS) is 28.9. The molecule has 2 saturated carbocycles. The van der Waals surface area contributed by atoms with Crippen molar-refractivity contribution in [3.63, 3.8) is 0 Å². The van der Waals surface area contributed by atoms with Gasteiger partial charge >= 0.3 is 30.5 Å². The van der Waals surface area contributed by atoms with Gasteiger partial charge in [-0.2, -0.15) is 0 Å². The molecule has 25 heteroatoms. The van der Waals surface area contributed by atoms with Crippen molar-refractivity contribution in [2.24, 2.45) is 11.3 Å². The van der Waals surface area contributed by atoms with Crippen molar-refractivity contribution in [2.75, 3.05) is 39.8 Å². The average Bonchev–Trinajstić information content (AvgIpc) is 4.01. The van der Waals surface area contributed by atoms with E-state index < -0.39 is 150 Å². The number of hydrogen-bond donors (Lipinski definition) is 10. The summed E-state index contributed by atoms with van der Waals surface area (Å²) in [6, 6.07) is -4.96. The first-order valence-electron chi connectivity index (χ1n) is 26.4. The van der Waals surface area contributed by atoms with E-state index in [0.717, 1.165) is 17.7 Å². The van der Waals surface area contributed by atoms with Gasteiger partial charge in [0.1, 0.15) is 63.8 Å². The molecule has 0 aromatic rings. The van der Waals surface area contributed by atoms with Crippen LogP contribution in [0.15, 0.2) is 11.8 Å².